The molecular weight excluding hydrogens is 290 g/mol. The van der Waals surface area contributed by atoms with Gasteiger partial charge in [0.15, 0.2) is 8.68 Å². The Kier molecular flexibility index (Phi) is 4.67. The van der Waals surface area contributed by atoms with Crippen LogP contribution in [0.4, 0.5) is 0 Å². The zero-order valence-electron chi connectivity index (χ0n) is 9.62. The molecule has 0 atom stereocenters. The third-order valence-electron chi connectivity index (χ3n) is 1.95. The molecule has 0 aliphatic rings. The van der Waals surface area contributed by atoms with Crippen LogP contribution < -0.4 is 0 Å². The van der Waals surface area contributed by atoms with Gasteiger partial charge >= 0.3 is 5.97 Å². The molecule has 0 aliphatic carbocycles. The molecule has 0 saturated heterocycles. The number of hydrogen-bond acceptors (Lipinski definition) is 7. The lowest BCUT2D eigenvalue weighted by Gasteiger charge is -1.89. The molecular formula is C10H11N3O2S3. The SMILES string of the molecule is CCCc1nnc(Sc2nc(CC(=O)O)cs2)s1. The molecule has 2 aromatic rings. The highest BCUT2D eigenvalue weighted by atomic mass is 32.2. The molecule has 0 spiro atoms. The zero-order valence-corrected chi connectivity index (χ0v) is 12.1. The van der Waals surface area contributed by atoms with Crippen LogP contribution in [-0.2, 0) is 17.6 Å². The Morgan fingerprint density at radius 2 is 2.28 bits per heavy atom. The highest BCUT2D eigenvalue weighted by Gasteiger charge is 2.10. The molecule has 2 aromatic heterocycles. The molecule has 0 fully saturated rings. The van der Waals surface area contributed by atoms with Crippen molar-refractivity contribution in [1.82, 2.24) is 15.2 Å². The Bertz CT molecular complexity index is 538. The van der Waals surface area contributed by atoms with Gasteiger partial charge in [-0.25, -0.2) is 4.98 Å². The maximum Gasteiger partial charge on any atom is 0.309 e. The van der Waals surface area contributed by atoms with Gasteiger partial charge in [-0.2, -0.15) is 0 Å². The van der Waals surface area contributed by atoms with Crippen molar-refractivity contribution in [1.29, 1.82) is 0 Å². The summed E-state index contributed by atoms with van der Waals surface area (Å²) in [6.07, 6.45) is 1.97. The maximum atomic E-state index is 10.5. The number of aromatic nitrogens is 3. The van der Waals surface area contributed by atoms with E-state index in [9.17, 15) is 4.79 Å². The fourth-order valence-corrected chi connectivity index (χ4v) is 4.27. The summed E-state index contributed by atoms with van der Waals surface area (Å²) in [6.45, 7) is 2.10. The van der Waals surface area contributed by atoms with Crippen LogP contribution in [0.3, 0.4) is 0 Å². The van der Waals surface area contributed by atoms with Crippen LogP contribution in [0.2, 0.25) is 0 Å². The van der Waals surface area contributed by atoms with Crippen LogP contribution in [-0.4, -0.2) is 26.3 Å². The van der Waals surface area contributed by atoms with Gasteiger partial charge in [-0.05, 0) is 18.2 Å². The monoisotopic (exact) mass is 301 g/mol. The standard InChI is InChI=1S/C10H11N3O2S3/c1-2-3-7-12-13-10(17-7)18-9-11-6(5-16-9)4-8(14)15/h5H,2-4H2,1H3,(H,14,15). The topological polar surface area (TPSA) is 76.0 Å². The number of rotatable bonds is 6. The molecule has 0 bridgehead atoms. The summed E-state index contributed by atoms with van der Waals surface area (Å²) in [7, 11) is 0. The second kappa shape index (κ2) is 6.26. The summed E-state index contributed by atoms with van der Waals surface area (Å²) in [6, 6.07) is 0. The summed E-state index contributed by atoms with van der Waals surface area (Å²) < 4.78 is 1.67. The number of carboxylic acids is 1. The van der Waals surface area contributed by atoms with E-state index in [4.69, 9.17) is 5.11 Å². The van der Waals surface area contributed by atoms with Crippen molar-refractivity contribution >= 4 is 40.4 Å². The first-order valence-electron chi connectivity index (χ1n) is 5.33. The number of carbonyl (C=O) groups is 1. The largest absolute Gasteiger partial charge is 0.481 e. The average molecular weight is 301 g/mol. The summed E-state index contributed by atoms with van der Waals surface area (Å²) in [5.74, 6) is -0.863. The second-order valence-electron chi connectivity index (χ2n) is 3.49. The van der Waals surface area contributed by atoms with E-state index >= 15 is 0 Å². The summed E-state index contributed by atoms with van der Waals surface area (Å²) in [5, 5.41) is 19.6. The molecule has 2 rings (SSSR count). The van der Waals surface area contributed by atoms with Crippen LogP contribution in [0.25, 0.3) is 0 Å². The lowest BCUT2D eigenvalue weighted by Crippen LogP contribution is -1.99. The fraction of sp³-hybridized carbons (Fsp3) is 0.400. The van der Waals surface area contributed by atoms with Gasteiger partial charge < -0.3 is 5.11 Å². The summed E-state index contributed by atoms with van der Waals surface area (Å²) in [4.78, 5) is 14.8. The molecule has 0 radical (unpaired) electrons. The van der Waals surface area contributed by atoms with Crippen molar-refractivity contribution in [3.63, 3.8) is 0 Å². The molecule has 0 unspecified atom stereocenters. The summed E-state index contributed by atoms with van der Waals surface area (Å²) >= 11 is 4.44. The quantitative estimate of drug-likeness (QED) is 0.884. The predicted molar refractivity (Wildman–Crippen MR) is 71.5 cm³/mol. The third-order valence-corrected chi connectivity index (χ3v) is 4.97. The fourth-order valence-electron chi connectivity index (χ4n) is 1.24. The van der Waals surface area contributed by atoms with E-state index in [-0.39, 0.29) is 6.42 Å². The van der Waals surface area contributed by atoms with E-state index in [0.29, 0.717) is 5.69 Å². The normalized spacial score (nSPS) is 10.7. The highest BCUT2D eigenvalue weighted by Crippen LogP contribution is 2.32. The Balaban J connectivity index is 1.99. The number of aryl methyl sites for hydroxylation is 1. The van der Waals surface area contributed by atoms with Crippen LogP contribution in [0.15, 0.2) is 14.1 Å². The van der Waals surface area contributed by atoms with Crippen molar-refractivity contribution in [2.45, 2.75) is 34.9 Å². The van der Waals surface area contributed by atoms with E-state index in [1.807, 2.05) is 0 Å². The second-order valence-corrected chi connectivity index (χ2v) is 6.90. The Morgan fingerprint density at radius 1 is 1.44 bits per heavy atom. The van der Waals surface area contributed by atoms with Crippen LogP contribution >= 0.6 is 34.4 Å². The Hall–Kier alpha value is -0.990. The number of hydrogen-bond donors (Lipinski definition) is 1. The first-order valence-corrected chi connectivity index (χ1v) is 7.85. The maximum absolute atomic E-state index is 10.5. The minimum atomic E-state index is -0.863. The van der Waals surface area contributed by atoms with Gasteiger partial charge in [-0.1, -0.05) is 18.3 Å². The molecule has 0 aromatic carbocycles. The first kappa shape index (κ1) is 13.4. The molecule has 2 heterocycles. The van der Waals surface area contributed by atoms with E-state index in [0.717, 1.165) is 26.5 Å². The summed E-state index contributed by atoms with van der Waals surface area (Å²) in [5.41, 5.74) is 0.591. The van der Waals surface area contributed by atoms with Gasteiger partial charge in [0.2, 0.25) is 0 Å². The number of nitrogens with zero attached hydrogens (tertiary/aromatic N) is 3. The van der Waals surface area contributed by atoms with Gasteiger partial charge in [0.05, 0.1) is 12.1 Å². The van der Waals surface area contributed by atoms with Crippen molar-refractivity contribution in [2.24, 2.45) is 0 Å². The van der Waals surface area contributed by atoms with Crippen molar-refractivity contribution < 1.29 is 9.90 Å². The van der Waals surface area contributed by atoms with Crippen molar-refractivity contribution in [2.75, 3.05) is 0 Å². The van der Waals surface area contributed by atoms with Gasteiger partial charge in [0.25, 0.3) is 0 Å². The van der Waals surface area contributed by atoms with Gasteiger partial charge in [0, 0.05) is 11.8 Å². The lowest BCUT2D eigenvalue weighted by atomic mass is 10.3. The lowest BCUT2D eigenvalue weighted by molar-refractivity contribution is -0.136. The van der Waals surface area contributed by atoms with E-state index in [2.05, 4.69) is 22.1 Å². The van der Waals surface area contributed by atoms with Crippen LogP contribution in [0.1, 0.15) is 24.0 Å². The zero-order chi connectivity index (χ0) is 13.0. The van der Waals surface area contributed by atoms with E-state index in [1.165, 1.54) is 23.1 Å². The number of carboxylic acid groups (broad SMARTS) is 1. The van der Waals surface area contributed by atoms with E-state index in [1.54, 1.807) is 16.7 Å². The minimum absolute atomic E-state index is 0.0335. The van der Waals surface area contributed by atoms with Gasteiger partial charge in [0.1, 0.15) is 5.01 Å². The van der Waals surface area contributed by atoms with Crippen LogP contribution in [0, 0.1) is 0 Å². The molecule has 18 heavy (non-hydrogen) atoms. The first-order chi connectivity index (χ1) is 8.67. The molecule has 0 amide bonds. The van der Waals surface area contributed by atoms with Crippen molar-refractivity contribution in [3.05, 3.63) is 16.1 Å². The van der Waals surface area contributed by atoms with E-state index < -0.39 is 5.97 Å². The Morgan fingerprint density at radius 3 is 3.00 bits per heavy atom. The molecule has 5 nitrogen and oxygen atoms in total. The molecule has 1 N–H and O–H groups in total. The number of thiazole rings is 1. The minimum Gasteiger partial charge on any atom is -0.481 e. The highest BCUT2D eigenvalue weighted by molar-refractivity contribution is 8.02. The third kappa shape index (κ3) is 3.76. The van der Waals surface area contributed by atoms with Crippen molar-refractivity contribution in [3.8, 4) is 0 Å². The number of aliphatic carboxylic acids is 1. The molecule has 0 aliphatic heterocycles. The molecule has 96 valence electrons. The van der Waals surface area contributed by atoms with Gasteiger partial charge in [-0.15, -0.1) is 21.5 Å². The smallest absolute Gasteiger partial charge is 0.309 e. The average Bonchev–Trinajstić information content (AvgIpc) is 2.89. The Labute approximate surface area is 116 Å². The predicted octanol–water partition coefficient (Wildman–Crippen LogP) is 2.73. The van der Waals surface area contributed by atoms with Crippen LogP contribution in [0.5, 0.6) is 0 Å². The molecule has 8 heteroatoms. The van der Waals surface area contributed by atoms with Gasteiger partial charge in [-0.3, -0.25) is 4.79 Å². The molecule has 0 saturated carbocycles.